The largest absolute Gasteiger partial charge is 0.507 e. The number of benzene rings is 1. The lowest BCUT2D eigenvalue weighted by Crippen LogP contribution is -2.19. The van der Waals surface area contributed by atoms with E-state index in [1.807, 2.05) is 6.07 Å². The molecule has 2 heterocycles. The highest BCUT2D eigenvalue weighted by Gasteiger charge is 2.38. The van der Waals surface area contributed by atoms with E-state index in [0.717, 1.165) is 61.0 Å². The van der Waals surface area contributed by atoms with Gasteiger partial charge in [-0.1, -0.05) is 36.3 Å². The van der Waals surface area contributed by atoms with Gasteiger partial charge in [-0.15, -0.1) is 0 Å². The summed E-state index contributed by atoms with van der Waals surface area (Å²) in [6.07, 6.45) is 7.13. The molecule has 1 saturated carbocycles. The van der Waals surface area contributed by atoms with Crippen molar-refractivity contribution in [1.82, 2.24) is 4.98 Å². The molecule has 9 nitrogen and oxygen atoms in total. The van der Waals surface area contributed by atoms with Gasteiger partial charge in [0.2, 0.25) is 5.91 Å². The van der Waals surface area contributed by atoms with Crippen LogP contribution in [0, 0.1) is 12.8 Å². The molecule has 1 fully saturated rings. The van der Waals surface area contributed by atoms with Gasteiger partial charge in [-0.05, 0) is 62.6 Å². The molecule has 1 amide bonds. The number of aromatic hydroxyl groups is 1. The second-order valence-electron chi connectivity index (χ2n) is 10.1. The molecule has 3 N–H and O–H groups in total. The second-order valence-corrected chi connectivity index (χ2v) is 13.0. The Kier molecular flexibility index (Phi) is 7.32. The Balaban J connectivity index is 1.49. The molecule has 2 aliphatic rings. The van der Waals surface area contributed by atoms with E-state index >= 15 is 0 Å². The zero-order valence-corrected chi connectivity index (χ0v) is 23.0. The molecule has 1 atom stereocenters. The molecule has 0 bridgehead atoms. The number of anilines is 2. The van der Waals surface area contributed by atoms with Gasteiger partial charge < -0.3 is 14.8 Å². The van der Waals surface area contributed by atoms with Crippen molar-refractivity contribution in [2.75, 3.05) is 10.0 Å². The van der Waals surface area contributed by atoms with E-state index in [-0.39, 0.29) is 38.2 Å². The van der Waals surface area contributed by atoms with Crippen LogP contribution in [0.1, 0.15) is 79.5 Å². The van der Waals surface area contributed by atoms with E-state index in [0.29, 0.717) is 24.3 Å². The Morgan fingerprint density at radius 2 is 1.92 bits per heavy atom. The van der Waals surface area contributed by atoms with Gasteiger partial charge in [0.15, 0.2) is 9.34 Å². The SMILES string of the molecule is CC(=O)Nc1nc(C)c(S(=O)(=O)Nc2cccc(C(c3c(O)c4c(oc3=O)CCCCCC4)C3CC3)c2)s1. The Hall–Kier alpha value is -3.18. The number of thiazole rings is 1. The Labute approximate surface area is 225 Å². The number of nitrogens with zero attached hydrogens (tertiary/aromatic N) is 1. The standard InChI is InChI=1S/C27H31N3O6S2/c1-15-26(37-27(28-15)29-16(2)31)38(34,35)30-19-9-7-8-18(14-19)22(17-12-13-17)23-24(32)20-10-5-3-4-6-11-21(20)36-25(23)33/h7-9,14,17,22,30,32H,3-6,10-13H2,1-2H3,(H,28,29,31). The molecule has 1 unspecified atom stereocenters. The molecule has 202 valence electrons. The third-order valence-corrected chi connectivity index (χ3v) is 10.1. The maximum Gasteiger partial charge on any atom is 0.343 e. The summed E-state index contributed by atoms with van der Waals surface area (Å²) in [6, 6.07) is 6.93. The predicted molar refractivity (Wildman–Crippen MR) is 145 cm³/mol. The molecule has 0 spiro atoms. The van der Waals surface area contributed by atoms with Gasteiger partial charge >= 0.3 is 5.63 Å². The molecule has 38 heavy (non-hydrogen) atoms. The van der Waals surface area contributed by atoms with Crippen molar-refractivity contribution in [1.29, 1.82) is 0 Å². The third kappa shape index (κ3) is 5.49. The number of hydrogen-bond donors (Lipinski definition) is 3. The summed E-state index contributed by atoms with van der Waals surface area (Å²) < 4.78 is 34.8. The van der Waals surface area contributed by atoms with Gasteiger partial charge in [-0.3, -0.25) is 9.52 Å². The van der Waals surface area contributed by atoms with E-state index in [1.165, 1.54) is 6.92 Å². The zero-order valence-electron chi connectivity index (χ0n) is 21.4. The lowest BCUT2D eigenvalue weighted by molar-refractivity contribution is -0.114. The highest BCUT2D eigenvalue weighted by atomic mass is 32.2. The number of aryl methyl sites for hydroxylation is 2. The fourth-order valence-corrected chi connectivity index (χ4v) is 7.74. The van der Waals surface area contributed by atoms with Crippen molar-refractivity contribution in [3.05, 3.63) is 62.8 Å². The third-order valence-electron chi connectivity index (χ3n) is 7.08. The summed E-state index contributed by atoms with van der Waals surface area (Å²) in [5.74, 6) is 0.0436. The minimum atomic E-state index is -3.98. The number of nitrogens with one attached hydrogen (secondary N) is 2. The summed E-state index contributed by atoms with van der Waals surface area (Å²) in [5, 5.41) is 14.1. The minimum absolute atomic E-state index is 0.00496. The van der Waals surface area contributed by atoms with Crippen LogP contribution in [0.25, 0.3) is 0 Å². The van der Waals surface area contributed by atoms with Gasteiger partial charge in [0.25, 0.3) is 10.0 Å². The summed E-state index contributed by atoms with van der Waals surface area (Å²) in [4.78, 5) is 28.7. The summed E-state index contributed by atoms with van der Waals surface area (Å²) in [5.41, 5.74) is 1.83. The van der Waals surface area contributed by atoms with E-state index < -0.39 is 21.6 Å². The van der Waals surface area contributed by atoms with E-state index in [9.17, 15) is 23.1 Å². The van der Waals surface area contributed by atoms with Crippen molar-refractivity contribution in [2.45, 2.75) is 75.3 Å². The Morgan fingerprint density at radius 3 is 2.63 bits per heavy atom. The fourth-order valence-electron chi connectivity index (χ4n) is 5.23. The molecule has 0 aliphatic heterocycles. The van der Waals surface area contributed by atoms with Crippen molar-refractivity contribution >= 4 is 38.1 Å². The second kappa shape index (κ2) is 10.5. The normalized spacial score (nSPS) is 16.7. The monoisotopic (exact) mass is 557 g/mol. The number of carbonyl (C=O) groups excluding carboxylic acids is 1. The number of sulfonamides is 1. The molecular formula is C27H31N3O6S2. The number of amides is 1. The van der Waals surface area contributed by atoms with Gasteiger partial charge in [0.1, 0.15) is 11.5 Å². The molecule has 0 saturated heterocycles. The average molecular weight is 558 g/mol. The zero-order chi connectivity index (χ0) is 27.0. The number of fused-ring (bicyclic) bond motifs is 1. The van der Waals surface area contributed by atoms with E-state index in [4.69, 9.17) is 4.42 Å². The number of aromatic nitrogens is 1. The molecule has 2 aliphatic carbocycles. The van der Waals surface area contributed by atoms with E-state index in [2.05, 4.69) is 15.0 Å². The van der Waals surface area contributed by atoms with Gasteiger partial charge in [0.05, 0.1) is 11.3 Å². The Morgan fingerprint density at radius 1 is 1.18 bits per heavy atom. The maximum absolute atomic E-state index is 13.2. The molecule has 0 radical (unpaired) electrons. The first kappa shape index (κ1) is 26.4. The summed E-state index contributed by atoms with van der Waals surface area (Å²) in [7, 11) is -3.98. The van der Waals surface area contributed by atoms with Crippen molar-refractivity contribution in [2.24, 2.45) is 5.92 Å². The van der Waals surface area contributed by atoms with Crippen LogP contribution >= 0.6 is 11.3 Å². The summed E-state index contributed by atoms with van der Waals surface area (Å²) >= 11 is 0.876. The smallest absolute Gasteiger partial charge is 0.343 e. The molecule has 1 aromatic carbocycles. The van der Waals surface area contributed by atoms with Crippen LogP contribution in [0.2, 0.25) is 0 Å². The summed E-state index contributed by atoms with van der Waals surface area (Å²) in [6.45, 7) is 2.90. The predicted octanol–water partition coefficient (Wildman–Crippen LogP) is 5.07. The van der Waals surface area contributed by atoms with Crippen molar-refractivity contribution < 1.29 is 22.7 Å². The van der Waals surface area contributed by atoms with Crippen LogP contribution in [0.5, 0.6) is 5.75 Å². The first-order valence-corrected chi connectivity index (χ1v) is 15.2. The van der Waals surface area contributed by atoms with Crippen LogP contribution in [0.3, 0.4) is 0 Å². The minimum Gasteiger partial charge on any atom is -0.507 e. The van der Waals surface area contributed by atoms with Crippen LogP contribution in [-0.4, -0.2) is 24.4 Å². The maximum atomic E-state index is 13.2. The van der Waals surface area contributed by atoms with Crippen molar-refractivity contribution in [3.8, 4) is 5.75 Å². The lowest BCUT2D eigenvalue weighted by Gasteiger charge is -2.22. The van der Waals surface area contributed by atoms with Crippen LogP contribution < -0.4 is 15.7 Å². The number of hydrogen-bond acceptors (Lipinski definition) is 8. The fraction of sp³-hybridized carbons (Fsp3) is 0.444. The van der Waals surface area contributed by atoms with Gasteiger partial charge in [-0.2, -0.15) is 0 Å². The van der Waals surface area contributed by atoms with Crippen LogP contribution in [0.15, 0.2) is 37.7 Å². The molecule has 5 rings (SSSR count). The highest BCUT2D eigenvalue weighted by Crippen LogP contribution is 2.49. The van der Waals surface area contributed by atoms with Gasteiger partial charge in [-0.25, -0.2) is 18.2 Å². The molecule has 2 aromatic heterocycles. The first-order valence-electron chi connectivity index (χ1n) is 12.9. The number of carbonyl (C=O) groups is 1. The van der Waals surface area contributed by atoms with Gasteiger partial charge in [0, 0.05) is 30.5 Å². The number of rotatable bonds is 7. The lowest BCUT2D eigenvalue weighted by atomic mass is 9.85. The van der Waals surface area contributed by atoms with Crippen molar-refractivity contribution in [3.63, 3.8) is 0 Å². The molecular weight excluding hydrogens is 526 g/mol. The first-order chi connectivity index (χ1) is 18.1. The average Bonchev–Trinajstić information content (AvgIpc) is 3.59. The van der Waals surface area contributed by atoms with E-state index in [1.54, 1.807) is 25.1 Å². The van der Waals surface area contributed by atoms with Crippen LogP contribution in [-0.2, 0) is 27.7 Å². The van der Waals surface area contributed by atoms with Crippen LogP contribution in [0.4, 0.5) is 10.8 Å². The highest BCUT2D eigenvalue weighted by molar-refractivity contribution is 7.94. The topological polar surface area (TPSA) is 139 Å². The Bertz CT molecular complexity index is 1540. The quantitative estimate of drug-likeness (QED) is 0.369. The molecule has 11 heteroatoms. The molecule has 3 aromatic rings.